The number of para-hydroxylation sites is 2. The molecule has 10 aromatic carbocycles. The molecule has 0 N–H and O–H groups in total. The zero-order chi connectivity index (χ0) is 42.1. The Morgan fingerprint density at radius 1 is 0.333 bits per heavy atom. The normalized spacial score (nSPS) is 12.7. The number of hydrogen-bond acceptors (Lipinski definition) is 1. The Morgan fingerprint density at radius 2 is 0.905 bits per heavy atom. The van der Waals surface area contributed by atoms with Gasteiger partial charge < -0.3 is 9.47 Å². The van der Waals surface area contributed by atoms with Crippen LogP contribution in [0.5, 0.6) is 0 Å². The maximum atomic E-state index is 2.46. The average molecular weight is 805 g/mol. The Labute approximate surface area is 368 Å². The van der Waals surface area contributed by atoms with Crippen LogP contribution in [0.2, 0.25) is 0 Å². The highest BCUT2D eigenvalue weighted by molar-refractivity contribution is 6.12. The van der Waals surface area contributed by atoms with E-state index in [0.717, 1.165) is 17.1 Å². The van der Waals surface area contributed by atoms with Gasteiger partial charge in [-0.2, -0.15) is 0 Å². The van der Waals surface area contributed by atoms with E-state index in [0.29, 0.717) is 0 Å². The number of rotatable bonds is 7. The van der Waals surface area contributed by atoms with E-state index in [4.69, 9.17) is 0 Å². The van der Waals surface area contributed by atoms with E-state index in [2.05, 4.69) is 254 Å². The summed E-state index contributed by atoms with van der Waals surface area (Å²) in [4.78, 5) is 2.46. The van der Waals surface area contributed by atoms with E-state index in [9.17, 15) is 0 Å². The summed E-state index contributed by atoms with van der Waals surface area (Å²) in [6.07, 6.45) is 0. The summed E-state index contributed by atoms with van der Waals surface area (Å²) in [5.41, 5.74) is 19.5. The first-order valence-electron chi connectivity index (χ1n) is 21.9. The van der Waals surface area contributed by atoms with Crippen LogP contribution < -0.4 is 4.90 Å². The van der Waals surface area contributed by atoms with Gasteiger partial charge in [0, 0.05) is 38.6 Å². The van der Waals surface area contributed by atoms with Crippen molar-refractivity contribution in [3.05, 3.63) is 242 Å². The zero-order valence-electron chi connectivity index (χ0n) is 35.3. The molecule has 0 saturated carbocycles. The van der Waals surface area contributed by atoms with Crippen LogP contribution in [0.3, 0.4) is 0 Å². The smallest absolute Gasteiger partial charge is 0.0541 e. The molecule has 12 rings (SSSR count). The van der Waals surface area contributed by atoms with Crippen molar-refractivity contribution in [1.82, 2.24) is 4.57 Å². The van der Waals surface area contributed by atoms with Crippen molar-refractivity contribution in [2.24, 2.45) is 0 Å². The Hall–Kier alpha value is -7.94. The molecule has 0 amide bonds. The molecule has 0 atom stereocenters. The molecule has 0 aliphatic heterocycles. The molecule has 0 fully saturated rings. The van der Waals surface area contributed by atoms with Crippen molar-refractivity contribution in [2.45, 2.75) is 19.3 Å². The van der Waals surface area contributed by atoms with Crippen LogP contribution in [0, 0.1) is 0 Å². The maximum Gasteiger partial charge on any atom is 0.0541 e. The minimum absolute atomic E-state index is 0.130. The molecule has 1 aliphatic carbocycles. The fourth-order valence-corrected chi connectivity index (χ4v) is 10.3. The SMILES string of the molecule is CC1(C)c2ccccc2-c2ccc(N(c3ccc(-c4cccc(-c5ccccc5)c4)cc3)c3ccc(-c4ccc5c(c4)c4ccccc4n5-c4ccccc4)c4ccccc34)cc21. The van der Waals surface area contributed by atoms with Crippen molar-refractivity contribution in [1.29, 1.82) is 0 Å². The molecule has 0 radical (unpaired) electrons. The highest BCUT2D eigenvalue weighted by atomic mass is 15.1. The number of aromatic nitrogens is 1. The van der Waals surface area contributed by atoms with Gasteiger partial charge in [0.1, 0.15) is 0 Å². The van der Waals surface area contributed by atoms with Gasteiger partial charge in [-0.3, -0.25) is 0 Å². The average Bonchev–Trinajstić information content (AvgIpc) is 3.80. The van der Waals surface area contributed by atoms with Gasteiger partial charge in [0.25, 0.3) is 0 Å². The van der Waals surface area contributed by atoms with Gasteiger partial charge >= 0.3 is 0 Å². The molecule has 63 heavy (non-hydrogen) atoms. The van der Waals surface area contributed by atoms with Crippen molar-refractivity contribution in [2.75, 3.05) is 4.90 Å². The molecular formula is C61H44N2. The summed E-state index contributed by atoms with van der Waals surface area (Å²) in [6, 6.07) is 84.6. The topological polar surface area (TPSA) is 8.17 Å². The molecule has 2 heteroatoms. The van der Waals surface area contributed by atoms with Crippen LogP contribution in [0.15, 0.2) is 231 Å². The standard InChI is InChI=1S/C61H44N2/c1-61(2)56-26-13-11-23-51(56)52-34-33-48(40-57(52)61)62(47-31-28-42(29-32-47)44-19-15-18-43(38-44)41-16-5-3-6-17-41)59-37-35-49(50-22-9-10-24-53(50)59)45-30-36-60-55(39-45)54-25-12-14-27-58(54)63(60)46-20-7-4-8-21-46/h3-40H,1-2H3. The van der Waals surface area contributed by atoms with Gasteiger partial charge in [-0.1, -0.05) is 178 Å². The molecule has 298 valence electrons. The van der Waals surface area contributed by atoms with Gasteiger partial charge in [0.05, 0.1) is 16.7 Å². The highest BCUT2D eigenvalue weighted by Crippen LogP contribution is 2.51. The molecule has 2 nitrogen and oxygen atoms in total. The summed E-state index contributed by atoms with van der Waals surface area (Å²) in [5, 5.41) is 4.92. The zero-order valence-corrected chi connectivity index (χ0v) is 35.3. The minimum atomic E-state index is -0.130. The molecule has 0 spiro atoms. The van der Waals surface area contributed by atoms with Crippen LogP contribution >= 0.6 is 0 Å². The number of fused-ring (bicyclic) bond motifs is 7. The Morgan fingerprint density at radius 3 is 1.70 bits per heavy atom. The first-order valence-corrected chi connectivity index (χ1v) is 21.9. The minimum Gasteiger partial charge on any atom is -0.310 e. The number of hydrogen-bond donors (Lipinski definition) is 0. The van der Waals surface area contributed by atoms with Gasteiger partial charge in [0.15, 0.2) is 0 Å². The Balaban J connectivity index is 1.01. The molecule has 0 unspecified atom stereocenters. The van der Waals surface area contributed by atoms with Gasteiger partial charge in [-0.25, -0.2) is 0 Å². The van der Waals surface area contributed by atoms with E-state index in [1.807, 2.05) is 0 Å². The lowest BCUT2D eigenvalue weighted by atomic mass is 9.82. The van der Waals surface area contributed by atoms with E-state index < -0.39 is 0 Å². The second-order valence-corrected chi connectivity index (χ2v) is 17.3. The fourth-order valence-electron chi connectivity index (χ4n) is 10.3. The molecule has 1 heterocycles. The van der Waals surface area contributed by atoms with Crippen LogP contribution in [-0.4, -0.2) is 4.57 Å². The third-order valence-corrected chi connectivity index (χ3v) is 13.4. The lowest BCUT2D eigenvalue weighted by Crippen LogP contribution is -2.16. The van der Waals surface area contributed by atoms with Gasteiger partial charge in [-0.05, 0) is 128 Å². The largest absolute Gasteiger partial charge is 0.310 e. The highest BCUT2D eigenvalue weighted by Gasteiger charge is 2.36. The van der Waals surface area contributed by atoms with E-state index >= 15 is 0 Å². The van der Waals surface area contributed by atoms with E-state index in [1.165, 1.54) is 93.9 Å². The monoisotopic (exact) mass is 804 g/mol. The summed E-state index contributed by atoms with van der Waals surface area (Å²) in [5.74, 6) is 0. The van der Waals surface area contributed by atoms with Crippen LogP contribution in [0.1, 0.15) is 25.0 Å². The Bertz CT molecular complexity index is 3520. The third kappa shape index (κ3) is 6.02. The summed E-state index contributed by atoms with van der Waals surface area (Å²) < 4.78 is 2.38. The maximum absolute atomic E-state index is 2.46. The Kier molecular flexibility index (Phi) is 8.55. The predicted octanol–water partition coefficient (Wildman–Crippen LogP) is 16.7. The summed E-state index contributed by atoms with van der Waals surface area (Å²) in [7, 11) is 0. The first-order chi connectivity index (χ1) is 31.0. The van der Waals surface area contributed by atoms with Gasteiger partial charge in [0.2, 0.25) is 0 Å². The number of anilines is 3. The van der Waals surface area contributed by atoms with Crippen LogP contribution in [0.25, 0.3) is 82.8 Å². The molecule has 1 aromatic heterocycles. The molecule has 0 bridgehead atoms. The quantitative estimate of drug-likeness (QED) is 0.156. The van der Waals surface area contributed by atoms with Crippen LogP contribution in [0.4, 0.5) is 17.1 Å². The van der Waals surface area contributed by atoms with Gasteiger partial charge in [-0.15, -0.1) is 0 Å². The second-order valence-electron chi connectivity index (χ2n) is 17.3. The van der Waals surface area contributed by atoms with Crippen molar-refractivity contribution in [3.63, 3.8) is 0 Å². The predicted molar refractivity (Wildman–Crippen MR) is 267 cm³/mol. The van der Waals surface area contributed by atoms with Crippen molar-refractivity contribution in [3.8, 4) is 50.2 Å². The van der Waals surface area contributed by atoms with Crippen LogP contribution in [-0.2, 0) is 5.41 Å². The van der Waals surface area contributed by atoms with Crippen molar-refractivity contribution >= 4 is 49.6 Å². The molecule has 0 saturated heterocycles. The molecule has 1 aliphatic rings. The van der Waals surface area contributed by atoms with E-state index in [1.54, 1.807) is 0 Å². The second kappa shape index (κ2) is 14.6. The third-order valence-electron chi connectivity index (χ3n) is 13.4. The number of benzene rings is 10. The lowest BCUT2D eigenvalue weighted by Gasteiger charge is -2.29. The molecular weight excluding hydrogens is 761 g/mol. The lowest BCUT2D eigenvalue weighted by molar-refractivity contribution is 0.660. The summed E-state index contributed by atoms with van der Waals surface area (Å²) >= 11 is 0. The van der Waals surface area contributed by atoms with Crippen molar-refractivity contribution < 1.29 is 0 Å². The number of nitrogens with zero attached hydrogens (tertiary/aromatic N) is 2. The fraction of sp³-hybridized carbons (Fsp3) is 0.0492. The summed E-state index contributed by atoms with van der Waals surface area (Å²) in [6.45, 7) is 4.73. The first kappa shape index (κ1) is 36.9. The molecule has 11 aromatic rings. The van der Waals surface area contributed by atoms with E-state index in [-0.39, 0.29) is 5.41 Å².